The summed E-state index contributed by atoms with van der Waals surface area (Å²) in [6, 6.07) is 50.5. The summed E-state index contributed by atoms with van der Waals surface area (Å²) in [6.45, 7) is 16.2. The van der Waals surface area contributed by atoms with Crippen LogP contribution in [0.2, 0.25) is 0 Å². The first-order valence-corrected chi connectivity index (χ1v) is 45.1. The third-order valence-electron chi connectivity index (χ3n) is 17.7. The lowest BCUT2D eigenvalue weighted by Crippen LogP contribution is -2.41. The minimum atomic E-state index is -1.67. The second-order valence-electron chi connectivity index (χ2n) is 27.6. The SMILES string of the molecule is Brc1cncc(-c2nc3ccccc3o2)c1.CC1(C)OB(B2OC(C)(C)C(C)(C)O2)OC1(C)C.Nc1ccccc1Br.O=C(Cl)c1cncc(Br)c1.O=C(Cl)c1cncc(Br)c1.O=C(Nc1ccccc1Br)c1cncc(Br)c1.O=C(O)c1cncc(Br)c1.O=S(Cl)Cl.c1ccc2oc(-c3cncc(-c4cncc(-c5nc6ccccc6o5)c4)c3)nc2c1. The highest BCUT2D eigenvalue weighted by Gasteiger charge is 2.63. The summed E-state index contributed by atoms with van der Waals surface area (Å²) in [5, 5.41) is 10.3. The van der Waals surface area contributed by atoms with Crippen LogP contribution in [0.5, 0.6) is 0 Å². The van der Waals surface area contributed by atoms with Gasteiger partial charge in [0.2, 0.25) is 26.9 Å². The number of hydrogen-bond donors (Lipinski definition) is 3. The largest absolute Gasteiger partial charge is 0.488 e. The van der Waals surface area contributed by atoms with Crippen molar-refractivity contribution in [3.8, 4) is 45.5 Å². The zero-order valence-electron chi connectivity index (χ0n) is 65.8. The molecule has 39 heteroatoms. The predicted molar refractivity (Wildman–Crippen MR) is 506 cm³/mol. The summed E-state index contributed by atoms with van der Waals surface area (Å²) in [5.41, 5.74) is 16.1. The number of para-hydroxylation sites is 8. The van der Waals surface area contributed by atoms with Gasteiger partial charge in [-0.3, -0.25) is 49.3 Å². The molecule has 0 bridgehead atoms. The first kappa shape index (κ1) is 98.1. The van der Waals surface area contributed by atoms with E-state index in [9.17, 15) is 19.2 Å². The molecule has 17 rings (SSSR count). The molecule has 0 aliphatic carbocycles. The van der Waals surface area contributed by atoms with E-state index in [1.165, 1.54) is 37.1 Å². The van der Waals surface area contributed by atoms with Crippen LogP contribution in [0.1, 0.15) is 96.8 Å². The monoisotopic (exact) mass is 2200 g/mol. The third-order valence-corrected chi connectivity index (χ3v) is 21.7. The van der Waals surface area contributed by atoms with E-state index in [0.29, 0.717) is 38.8 Å². The number of carbonyl (C=O) groups excluding carboxylic acids is 3. The molecule has 0 unspecified atom stereocenters. The lowest BCUT2D eigenvalue weighted by molar-refractivity contribution is 0.00578. The molecule has 1 amide bonds. The molecule has 0 radical (unpaired) electrons. The Bertz CT molecular complexity index is 5770. The number of nitrogens with two attached hydrogens (primary N) is 1. The third kappa shape index (κ3) is 29.4. The van der Waals surface area contributed by atoms with Crippen LogP contribution in [-0.4, -0.2) is 118 Å². The zero-order chi connectivity index (χ0) is 89.3. The number of hydrogen-bond acceptors (Lipinski definition) is 23. The number of pyridine rings is 7. The molecule has 4 N–H and O–H groups in total. The highest BCUT2D eigenvalue weighted by atomic mass is 79.9. The second kappa shape index (κ2) is 46.0. The molecule has 0 atom stereocenters. The fraction of sp³-hybridized carbons (Fsp3) is 0.143. The number of rotatable bonds is 10. The Morgan fingerprint density at radius 2 is 0.667 bits per heavy atom. The number of anilines is 2. The number of amides is 1. The fourth-order valence-corrected chi connectivity index (χ4v) is 13.0. The molecule has 632 valence electrons. The van der Waals surface area contributed by atoms with Crippen molar-refractivity contribution in [2.24, 2.45) is 0 Å². The zero-order valence-corrected chi connectivity index (χ0v) is 80.7. The maximum atomic E-state index is 11.9. The minimum Gasteiger partial charge on any atom is -0.478 e. The van der Waals surface area contributed by atoms with Crippen LogP contribution in [0, 0.1) is 0 Å². The van der Waals surface area contributed by atoms with Crippen molar-refractivity contribution < 1.29 is 60.4 Å². The topological polar surface area (TPSA) is 349 Å². The van der Waals surface area contributed by atoms with Gasteiger partial charge in [-0.2, -0.15) is 0 Å². The molecule has 2 aliphatic heterocycles. The molecule has 5 aromatic carbocycles. The normalized spacial score (nSPS) is 13.4. The van der Waals surface area contributed by atoms with Crippen LogP contribution in [0.4, 0.5) is 11.4 Å². The molecule has 10 aromatic heterocycles. The number of nitrogen functional groups attached to an aromatic ring is 1. The van der Waals surface area contributed by atoms with E-state index in [4.69, 9.17) is 70.1 Å². The van der Waals surface area contributed by atoms with Crippen molar-refractivity contribution in [2.75, 3.05) is 11.1 Å². The van der Waals surface area contributed by atoms with Crippen molar-refractivity contribution in [3.05, 3.63) is 304 Å². The summed E-state index contributed by atoms with van der Waals surface area (Å²) in [7, 11) is 6.41. The molecule has 0 spiro atoms. The van der Waals surface area contributed by atoms with Gasteiger partial charge >= 0.3 is 20.0 Å². The van der Waals surface area contributed by atoms with Crippen molar-refractivity contribution in [3.63, 3.8) is 0 Å². The van der Waals surface area contributed by atoms with Gasteiger partial charge in [-0.25, -0.2) is 24.0 Å². The molecular formula is C84H69B2Br7Cl4N12O13S. The number of oxazole rings is 3. The molecule has 25 nitrogen and oxygen atoms in total. The number of halogens is 11. The van der Waals surface area contributed by atoms with Gasteiger partial charge in [-0.1, -0.05) is 60.7 Å². The fourth-order valence-electron chi connectivity index (χ4n) is 10.3. The van der Waals surface area contributed by atoms with Crippen molar-refractivity contribution in [1.29, 1.82) is 0 Å². The number of aromatic carboxylic acids is 1. The Labute approximate surface area is 787 Å². The molecule has 123 heavy (non-hydrogen) atoms. The number of aromatic nitrogens is 10. The van der Waals surface area contributed by atoms with E-state index in [1.54, 1.807) is 74.0 Å². The number of nitrogens with zero attached hydrogens (tertiary/aromatic N) is 10. The number of nitrogens with one attached hydrogen (secondary N) is 1. The van der Waals surface area contributed by atoms with E-state index in [-0.39, 0.29) is 33.9 Å². The molecular weight excluding hydrogens is 2140 g/mol. The average molecular weight is 2210 g/mol. The van der Waals surface area contributed by atoms with E-state index in [0.717, 1.165) is 99.3 Å². The Kier molecular flexibility index (Phi) is 36.6. The second-order valence-corrected chi connectivity index (χ2v) is 37.1. The van der Waals surface area contributed by atoms with E-state index >= 15 is 0 Å². The highest BCUT2D eigenvalue weighted by molar-refractivity contribution is 9.11. The Morgan fingerprint density at radius 1 is 0.382 bits per heavy atom. The Morgan fingerprint density at radius 3 is 0.976 bits per heavy atom. The van der Waals surface area contributed by atoms with Crippen LogP contribution in [-0.2, 0) is 27.8 Å². The van der Waals surface area contributed by atoms with Crippen molar-refractivity contribution in [1.82, 2.24) is 49.8 Å². The quantitative estimate of drug-likeness (QED) is 0.0650. The van der Waals surface area contributed by atoms with Gasteiger partial charge < -0.3 is 48.0 Å². The van der Waals surface area contributed by atoms with Gasteiger partial charge in [0.25, 0.3) is 16.4 Å². The van der Waals surface area contributed by atoms with E-state index in [2.05, 4.69) is 188 Å². The van der Waals surface area contributed by atoms with Crippen LogP contribution >= 0.6 is 156 Å². The smallest absolute Gasteiger partial charge is 0.478 e. The lowest BCUT2D eigenvalue weighted by atomic mass is 9.49. The van der Waals surface area contributed by atoms with Crippen LogP contribution < -0.4 is 11.1 Å². The van der Waals surface area contributed by atoms with Crippen LogP contribution in [0.15, 0.2) is 295 Å². The van der Waals surface area contributed by atoms with Gasteiger partial charge in [-0.15, -0.1) is 0 Å². The minimum absolute atomic E-state index is 0.189. The van der Waals surface area contributed by atoms with Gasteiger partial charge in [0.05, 0.1) is 67.0 Å². The van der Waals surface area contributed by atoms with Crippen LogP contribution in [0.3, 0.4) is 0 Å². The van der Waals surface area contributed by atoms with Gasteiger partial charge in [0.15, 0.2) is 16.7 Å². The number of carbonyl (C=O) groups is 4. The van der Waals surface area contributed by atoms with Gasteiger partial charge in [0.1, 0.15) is 16.6 Å². The summed E-state index contributed by atoms with van der Waals surface area (Å²) in [6.07, 6.45) is 22.5. The number of fused-ring (bicyclic) bond motifs is 3. The summed E-state index contributed by atoms with van der Waals surface area (Å²) >= 11 is 33.1. The molecule has 15 aromatic rings. The number of benzene rings is 5. The molecule has 0 saturated carbocycles. The Hall–Kier alpha value is -8.72. The average Bonchev–Trinajstić information content (AvgIpc) is 1.59. The van der Waals surface area contributed by atoms with Gasteiger partial charge in [-0.05, 0) is 293 Å². The van der Waals surface area contributed by atoms with Crippen molar-refractivity contribution in [2.45, 2.75) is 77.8 Å². The molecule has 2 aliphatic rings. The summed E-state index contributed by atoms with van der Waals surface area (Å²) < 4.78 is 56.0. The standard InChI is InChI=1S/C24H14N4O2.C12H24B2O4.C12H8Br2N2O.C12H7BrN2O.2C6H3BrClNO.C6H4BrNO2.C6H6BrN.Cl2OS/c1-3-7-21-19(5-1)27-23(29-21)17-9-15(11-25-13-17)16-10-18(14-26-12-16)24-28-20-6-2-4-8-22(20)30-24;1-9(2)10(3,4)16-13(15-9)14-17-11(5,6)12(7,8)18-14;13-9-5-8(6-15-7-9)12(17)16-11-4-2-1-3-10(11)14;13-9-5-8(6-14-7-9)12-15-10-3-1-2-4-11(10)16-12;2*7-5-1-4(6(8)10)2-9-3-5;7-5-1-4(6(9)10)2-8-3-5;7-5-3-1-2-4-6(5)8;1-4(2)3/h1-14H;1-8H3;1-7H,(H,16,17);1-7H;2*1-3H;1-3H,(H,9,10);1-4H,8H2;. The molecule has 12 heterocycles. The van der Waals surface area contributed by atoms with Crippen LogP contribution in [0.25, 0.3) is 78.8 Å². The van der Waals surface area contributed by atoms with E-state index in [1.807, 2.05) is 195 Å². The first-order valence-electron chi connectivity index (χ1n) is 36.0. The van der Waals surface area contributed by atoms with Crippen molar-refractivity contribution >= 4 is 246 Å². The maximum Gasteiger partial charge on any atom is 0.488 e. The van der Waals surface area contributed by atoms with Gasteiger partial charge in [0, 0.05) is 156 Å². The summed E-state index contributed by atoms with van der Waals surface area (Å²) in [5.74, 6) is 0.511. The molecule has 2 saturated heterocycles. The first-order chi connectivity index (χ1) is 58.3. The highest BCUT2D eigenvalue weighted by Crippen LogP contribution is 2.43. The lowest BCUT2D eigenvalue weighted by Gasteiger charge is -2.32. The predicted octanol–water partition coefficient (Wildman–Crippen LogP) is 24.6. The summed E-state index contributed by atoms with van der Waals surface area (Å²) in [4.78, 5) is 84.7. The van der Waals surface area contributed by atoms with E-state index < -0.39 is 39.7 Å². The number of carboxylic acid groups (broad SMARTS) is 1. The Balaban J connectivity index is 0.000000164. The maximum absolute atomic E-state index is 11.9. The molecule has 2 fully saturated rings. The number of carboxylic acids is 1.